The molecule has 8 heteroatoms. The molecule has 2 aromatic rings. The number of carbonyl (C=O) groups is 2. The van der Waals surface area contributed by atoms with Crippen LogP contribution in [0.4, 0.5) is 4.79 Å². The Bertz CT molecular complexity index is 896. The Kier molecular flexibility index (Phi) is 6.85. The van der Waals surface area contributed by atoms with E-state index < -0.39 is 12.1 Å². The highest BCUT2D eigenvalue weighted by Gasteiger charge is 2.44. The van der Waals surface area contributed by atoms with Crippen molar-refractivity contribution >= 4 is 27.9 Å². The molecule has 2 amide bonds. The summed E-state index contributed by atoms with van der Waals surface area (Å²) in [5.41, 5.74) is 1.84. The van der Waals surface area contributed by atoms with E-state index in [2.05, 4.69) is 40.1 Å². The van der Waals surface area contributed by atoms with Gasteiger partial charge in [0.2, 0.25) is 5.91 Å². The van der Waals surface area contributed by atoms with E-state index in [9.17, 15) is 9.59 Å². The van der Waals surface area contributed by atoms with Crippen LogP contribution in [-0.4, -0.2) is 46.1 Å². The monoisotopic (exact) mass is 476 g/mol. The molecule has 2 N–H and O–H groups in total. The minimum atomic E-state index is -0.659. The Morgan fingerprint density at radius 2 is 1.93 bits per heavy atom. The number of aromatic nitrogens is 2. The molecule has 0 spiro atoms. The van der Waals surface area contributed by atoms with Crippen LogP contribution in [0.25, 0.3) is 11.3 Å². The number of amides is 2. The number of halogens is 1. The maximum absolute atomic E-state index is 13.5. The van der Waals surface area contributed by atoms with E-state index in [1.807, 2.05) is 49.2 Å². The Labute approximate surface area is 185 Å². The predicted molar refractivity (Wildman–Crippen MR) is 119 cm³/mol. The average Bonchev–Trinajstić information content (AvgIpc) is 3.31. The van der Waals surface area contributed by atoms with Gasteiger partial charge in [-0.3, -0.25) is 4.79 Å². The molecule has 1 saturated heterocycles. The van der Waals surface area contributed by atoms with Gasteiger partial charge in [-0.15, -0.1) is 0 Å². The van der Waals surface area contributed by atoms with E-state index in [1.54, 1.807) is 0 Å². The Morgan fingerprint density at radius 3 is 2.53 bits per heavy atom. The predicted octanol–water partition coefficient (Wildman–Crippen LogP) is 4.52. The molecular weight excluding hydrogens is 448 g/mol. The number of ether oxygens (including phenoxy) is 1. The van der Waals surface area contributed by atoms with Gasteiger partial charge in [0.15, 0.2) is 0 Å². The summed E-state index contributed by atoms with van der Waals surface area (Å²) in [6.07, 6.45) is 2.08. The number of carbonyl (C=O) groups excluding carboxylic acids is 2. The summed E-state index contributed by atoms with van der Waals surface area (Å²) in [6.45, 7) is 8.02. The summed E-state index contributed by atoms with van der Waals surface area (Å²) in [5.74, 6) is 0.887. The van der Waals surface area contributed by atoms with Crippen molar-refractivity contribution in [3.8, 4) is 11.3 Å². The van der Waals surface area contributed by atoms with Crippen molar-refractivity contribution in [2.45, 2.75) is 52.2 Å². The highest BCUT2D eigenvalue weighted by Crippen LogP contribution is 2.40. The van der Waals surface area contributed by atoms with Crippen molar-refractivity contribution in [3.05, 3.63) is 40.8 Å². The topological polar surface area (TPSA) is 87.3 Å². The van der Waals surface area contributed by atoms with Gasteiger partial charge in [0.05, 0.1) is 18.8 Å². The average molecular weight is 477 g/mol. The van der Waals surface area contributed by atoms with Crippen LogP contribution < -0.4 is 5.32 Å². The lowest BCUT2D eigenvalue weighted by atomic mass is 10.0. The van der Waals surface area contributed by atoms with E-state index in [1.165, 1.54) is 7.11 Å². The van der Waals surface area contributed by atoms with E-state index in [4.69, 9.17) is 9.72 Å². The molecule has 1 aliphatic heterocycles. The normalized spacial score (nSPS) is 22.2. The van der Waals surface area contributed by atoms with Crippen LogP contribution in [0.2, 0.25) is 0 Å². The van der Waals surface area contributed by atoms with Gasteiger partial charge in [-0.1, -0.05) is 48.8 Å². The van der Waals surface area contributed by atoms with Gasteiger partial charge < -0.3 is 19.9 Å². The number of hydrogen-bond acceptors (Lipinski definition) is 4. The zero-order valence-corrected chi connectivity index (χ0v) is 19.6. The fourth-order valence-electron chi connectivity index (χ4n) is 3.95. The van der Waals surface area contributed by atoms with Crippen LogP contribution in [0.3, 0.4) is 0 Å². The van der Waals surface area contributed by atoms with Crippen molar-refractivity contribution in [1.82, 2.24) is 20.2 Å². The number of H-pyrrole nitrogens is 1. The van der Waals surface area contributed by atoms with Gasteiger partial charge in [-0.25, -0.2) is 9.78 Å². The van der Waals surface area contributed by atoms with E-state index in [0.29, 0.717) is 5.92 Å². The molecule has 0 radical (unpaired) electrons. The number of nitrogens with zero attached hydrogens (tertiary/aromatic N) is 2. The Hall–Kier alpha value is -2.35. The minimum Gasteiger partial charge on any atom is -0.453 e. The summed E-state index contributed by atoms with van der Waals surface area (Å²) in [4.78, 5) is 35.2. The second kappa shape index (κ2) is 9.20. The number of hydrogen-bond donors (Lipinski definition) is 2. The first kappa shape index (κ1) is 22.3. The molecule has 30 heavy (non-hydrogen) atoms. The van der Waals surface area contributed by atoms with Crippen LogP contribution in [0.15, 0.2) is 34.9 Å². The van der Waals surface area contributed by atoms with Crippen molar-refractivity contribution in [2.75, 3.05) is 7.11 Å². The third kappa shape index (κ3) is 4.53. The van der Waals surface area contributed by atoms with E-state index >= 15 is 0 Å². The van der Waals surface area contributed by atoms with Crippen LogP contribution in [-0.2, 0) is 9.53 Å². The third-order valence-electron chi connectivity index (χ3n) is 5.89. The van der Waals surface area contributed by atoms with E-state index in [0.717, 1.165) is 28.0 Å². The second-order valence-corrected chi connectivity index (χ2v) is 9.17. The molecule has 0 unspecified atom stereocenters. The van der Waals surface area contributed by atoms with E-state index in [-0.39, 0.29) is 23.9 Å². The number of imidazole rings is 1. The molecule has 0 bridgehead atoms. The molecule has 4 atom stereocenters. The summed E-state index contributed by atoms with van der Waals surface area (Å²) in [6, 6.07) is 7.16. The lowest BCUT2D eigenvalue weighted by Crippen LogP contribution is -2.53. The number of nitrogens with one attached hydrogen (secondary N) is 2. The number of alkyl carbamates (subject to hydrolysis) is 1. The van der Waals surface area contributed by atoms with Gasteiger partial charge in [0.25, 0.3) is 0 Å². The van der Waals surface area contributed by atoms with Gasteiger partial charge >= 0.3 is 6.09 Å². The van der Waals surface area contributed by atoms with Crippen molar-refractivity contribution in [2.24, 2.45) is 11.8 Å². The zero-order chi connectivity index (χ0) is 22.0. The fraction of sp³-hybridized carbons (Fsp3) is 0.500. The molecule has 1 aromatic heterocycles. The zero-order valence-electron chi connectivity index (χ0n) is 18.0. The molecule has 0 aliphatic carbocycles. The number of aromatic amines is 1. The maximum atomic E-state index is 13.5. The van der Waals surface area contributed by atoms with Gasteiger partial charge in [0.1, 0.15) is 11.9 Å². The third-order valence-corrected chi connectivity index (χ3v) is 6.42. The second-order valence-electron chi connectivity index (χ2n) is 8.25. The SMILES string of the molecule is COC(=O)N[C@H](C(=O)N1[C@H](c2nc(-c3ccc(Br)cc3)c[nH]2)C[C@H](C)[C@@H]1C)C(C)C. The van der Waals surface area contributed by atoms with Crippen molar-refractivity contribution < 1.29 is 14.3 Å². The summed E-state index contributed by atoms with van der Waals surface area (Å²) in [5, 5.41) is 2.70. The van der Waals surface area contributed by atoms with Gasteiger partial charge in [-0.05, 0) is 37.3 Å². The molecule has 1 fully saturated rings. The molecule has 0 saturated carbocycles. The Morgan fingerprint density at radius 1 is 1.27 bits per heavy atom. The smallest absolute Gasteiger partial charge is 0.407 e. The van der Waals surface area contributed by atoms with Gasteiger partial charge in [-0.2, -0.15) is 0 Å². The number of benzene rings is 1. The summed E-state index contributed by atoms with van der Waals surface area (Å²) in [7, 11) is 1.30. The van der Waals surface area contributed by atoms with Gasteiger partial charge in [0, 0.05) is 22.3 Å². The van der Waals surface area contributed by atoms with Crippen molar-refractivity contribution in [3.63, 3.8) is 0 Å². The molecule has 3 rings (SSSR count). The standard InChI is InChI=1S/C22H29BrN4O3/c1-12(2)19(26-22(29)30-5)21(28)27-14(4)13(3)10-18(27)20-24-11-17(25-20)15-6-8-16(23)9-7-15/h6-9,11-14,18-19H,10H2,1-5H3,(H,24,25)(H,26,29)/t13-,14-,18-,19-/m0/s1. The minimum absolute atomic E-state index is 0.0319. The first-order valence-corrected chi connectivity index (χ1v) is 11.0. The maximum Gasteiger partial charge on any atom is 0.407 e. The Balaban J connectivity index is 1.89. The van der Waals surface area contributed by atoms with Crippen molar-refractivity contribution in [1.29, 1.82) is 0 Å². The van der Waals surface area contributed by atoms with Crippen LogP contribution in [0, 0.1) is 11.8 Å². The molecule has 7 nitrogen and oxygen atoms in total. The first-order chi connectivity index (χ1) is 14.2. The van der Waals surface area contributed by atoms with Crippen LogP contribution in [0.5, 0.6) is 0 Å². The van der Waals surface area contributed by atoms with Crippen LogP contribution in [0.1, 0.15) is 46.0 Å². The molecule has 1 aromatic carbocycles. The largest absolute Gasteiger partial charge is 0.453 e. The quantitative estimate of drug-likeness (QED) is 0.663. The summed E-state index contributed by atoms with van der Waals surface area (Å²) < 4.78 is 5.73. The lowest BCUT2D eigenvalue weighted by Gasteiger charge is -2.33. The molecular formula is C22H29BrN4O3. The number of methoxy groups -OCH3 is 1. The molecule has 162 valence electrons. The number of likely N-dealkylation sites (tertiary alicyclic amines) is 1. The lowest BCUT2D eigenvalue weighted by molar-refractivity contribution is -0.137. The summed E-state index contributed by atoms with van der Waals surface area (Å²) >= 11 is 3.45. The highest BCUT2D eigenvalue weighted by molar-refractivity contribution is 9.10. The van der Waals surface area contributed by atoms with Crippen LogP contribution >= 0.6 is 15.9 Å². The highest BCUT2D eigenvalue weighted by atomic mass is 79.9. The number of rotatable bonds is 5. The first-order valence-electron chi connectivity index (χ1n) is 10.2. The fourth-order valence-corrected chi connectivity index (χ4v) is 4.22. The molecule has 1 aliphatic rings. The molecule has 2 heterocycles.